The Labute approximate surface area is 93.9 Å². The summed E-state index contributed by atoms with van der Waals surface area (Å²) in [5.74, 6) is -0.317. The van der Waals surface area contributed by atoms with Crippen molar-refractivity contribution in [2.24, 2.45) is 0 Å². The summed E-state index contributed by atoms with van der Waals surface area (Å²) in [7, 11) is 0. The van der Waals surface area contributed by atoms with Gasteiger partial charge in [0.15, 0.2) is 5.69 Å². The molecule has 8 heteroatoms. The van der Waals surface area contributed by atoms with Crippen molar-refractivity contribution in [3.05, 3.63) is 23.1 Å². The van der Waals surface area contributed by atoms with E-state index in [4.69, 9.17) is 0 Å². The van der Waals surface area contributed by atoms with E-state index in [0.717, 1.165) is 10.7 Å². The van der Waals surface area contributed by atoms with Crippen LogP contribution in [0.3, 0.4) is 0 Å². The SMILES string of the molecule is Cc1n[nH]c(O)c1-n1nc(C(F)(F)F)cc1C. The van der Waals surface area contributed by atoms with Crippen LogP contribution in [0.2, 0.25) is 0 Å². The first-order valence-electron chi connectivity index (χ1n) is 4.69. The van der Waals surface area contributed by atoms with Crippen molar-refractivity contribution in [3.8, 4) is 11.6 Å². The second-order valence-electron chi connectivity index (χ2n) is 3.59. The van der Waals surface area contributed by atoms with E-state index in [2.05, 4.69) is 15.3 Å². The van der Waals surface area contributed by atoms with Gasteiger partial charge in [-0.25, -0.2) is 9.78 Å². The Kier molecular flexibility index (Phi) is 2.37. The molecule has 2 aromatic heterocycles. The molecule has 0 spiro atoms. The molecule has 2 N–H and O–H groups in total. The number of hydrogen-bond acceptors (Lipinski definition) is 3. The molecule has 0 aliphatic rings. The number of aromatic hydroxyl groups is 1. The number of nitrogens with zero attached hydrogens (tertiary/aromatic N) is 3. The van der Waals surface area contributed by atoms with Gasteiger partial charge in [-0.2, -0.15) is 23.4 Å². The van der Waals surface area contributed by atoms with Crippen LogP contribution < -0.4 is 0 Å². The monoisotopic (exact) mass is 246 g/mol. The summed E-state index contributed by atoms with van der Waals surface area (Å²) < 4.78 is 38.4. The van der Waals surface area contributed by atoms with Gasteiger partial charge in [0.1, 0.15) is 5.69 Å². The predicted octanol–water partition coefficient (Wildman–Crippen LogP) is 1.94. The van der Waals surface area contributed by atoms with Crippen molar-refractivity contribution in [2.75, 3.05) is 0 Å². The van der Waals surface area contributed by atoms with Crippen molar-refractivity contribution < 1.29 is 18.3 Å². The van der Waals surface area contributed by atoms with E-state index in [1.807, 2.05) is 0 Å². The molecule has 0 aromatic carbocycles. The molecule has 5 nitrogen and oxygen atoms in total. The van der Waals surface area contributed by atoms with Gasteiger partial charge in [-0.15, -0.1) is 0 Å². The molecule has 0 bridgehead atoms. The molecule has 0 amide bonds. The number of aromatic amines is 1. The zero-order chi connectivity index (χ0) is 12.8. The summed E-state index contributed by atoms with van der Waals surface area (Å²) in [6.45, 7) is 3.02. The molecule has 2 rings (SSSR count). The van der Waals surface area contributed by atoms with Crippen LogP contribution in [-0.4, -0.2) is 25.1 Å². The van der Waals surface area contributed by atoms with Gasteiger partial charge in [-0.3, -0.25) is 0 Å². The Balaban J connectivity index is 2.58. The zero-order valence-electron chi connectivity index (χ0n) is 9.00. The standard InChI is InChI=1S/C9H9F3N4O/c1-4-3-6(9(10,11)12)15-16(4)7-5(2)13-14-8(7)17/h3H,1-2H3,(H2,13,14,17). The normalized spacial score (nSPS) is 12.1. The molecule has 0 aliphatic heterocycles. The summed E-state index contributed by atoms with van der Waals surface area (Å²) in [6.07, 6.45) is -4.51. The number of H-pyrrole nitrogens is 1. The fraction of sp³-hybridized carbons (Fsp3) is 0.333. The van der Waals surface area contributed by atoms with Gasteiger partial charge in [-0.05, 0) is 19.9 Å². The van der Waals surface area contributed by atoms with Gasteiger partial charge in [0, 0.05) is 5.69 Å². The zero-order valence-corrected chi connectivity index (χ0v) is 9.00. The largest absolute Gasteiger partial charge is 0.492 e. The number of rotatable bonds is 1. The minimum atomic E-state index is -4.51. The Morgan fingerprint density at radius 3 is 2.41 bits per heavy atom. The minimum absolute atomic E-state index is 0.123. The van der Waals surface area contributed by atoms with E-state index in [0.29, 0.717) is 5.69 Å². The molecule has 0 saturated carbocycles. The van der Waals surface area contributed by atoms with E-state index in [9.17, 15) is 18.3 Å². The van der Waals surface area contributed by atoms with Gasteiger partial charge in [-0.1, -0.05) is 0 Å². The summed E-state index contributed by atoms with van der Waals surface area (Å²) >= 11 is 0. The van der Waals surface area contributed by atoms with Crippen LogP contribution >= 0.6 is 0 Å². The van der Waals surface area contributed by atoms with Crippen LogP contribution in [0, 0.1) is 13.8 Å². The highest BCUT2D eigenvalue weighted by atomic mass is 19.4. The maximum Gasteiger partial charge on any atom is 0.435 e. The third-order valence-electron chi connectivity index (χ3n) is 2.29. The van der Waals surface area contributed by atoms with E-state index in [1.165, 1.54) is 6.92 Å². The van der Waals surface area contributed by atoms with Gasteiger partial charge in [0.05, 0.1) is 5.69 Å². The molecule has 0 aliphatic carbocycles. The molecule has 0 fully saturated rings. The fourth-order valence-corrected chi connectivity index (χ4v) is 1.51. The van der Waals surface area contributed by atoms with Crippen molar-refractivity contribution in [3.63, 3.8) is 0 Å². The number of aromatic nitrogens is 4. The number of aryl methyl sites for hydroxylation is 2. The second-order valence-corrected chi connectivity index (χ2v) is 3.59. The summed E-state index contributed by atoms with van der Waals surface area (Å²) in [5.41, 5.74) is -0.257. The molecule has 2 heterocycles. The van der Waals surface area contributed by atoms with Crippen molar-refractivity contribution in [1.29, 1.82) is 0 Å². The highest BCUT2D eigenvalue weighted by Crippen LogP contribution is 2.31. The average Bonchev–Trinajstić information content (AvgIpc) is 2.70. The summed E-state index contributed by atoms with van der Waals surface area (Å²) in [6, 6.07) is 0.909. The Hall–Kier alpha value is -1.99. The minimum Gasteiger partial charge on any atom is -0.492 e. The van der Waals surface area contributed by atoms with E-state index < -0.39 is 11.9 Å². The number of hydrogen-bond donors (Lipinski definition) is 2. The molecule has 17 heavy (non-hydrogen) atoms. The van der Waals surface area contributed by atoms with E-state index >= 15 is 0 Å². The predicted molar refractivity (Wildman–Crippen MR) is 51.9 cm³/mol. The van der Waals surface area contributed by atoms with Crippen molar-refractivity contribution in [1.82, 2.24) is 20.0 Å². The van der Waals surface area contributed by atoms with E-state index in [-0.39, 0.29) is 17.3 Å². The number of alkyl halides is 3. The summed E-state index contributed by atoms with van der Waals surface area (Å²) in [5, 5.41) is 18.8. The van der Waals surface area contributed by atoms with Gasteiger partial charge >= 0.3 is 6.18 Å². The van der Waals surface area contributed by atoms with Gasteiger partial charge in [0.2, 0.25) is 5.88 Å². The lowest BCUT2D eigenvalue weighted by atomic mass is 10.3. The maximum absolute atomic E-state index is 12.5. The van der Waals surface area contributed by atoms with Crippen LogP contribution in [0.1, 0.15) is 17.1 Å². The summed E-state index contributed by atoms with van der Waals surface area (Å²) in [4.78, 5) is 0. The Morgan fingerprint density at radius 2 is 2.00 bits per heavy atom. The molecule has 0 atom stereocenters. The maximum atomic E-state index is 12.5. The smallest absolute Gasteiger partial charge is 0.435 e. The first-order valence-corrected chi connectivity index (χ1v) is 4.69. The quantitative estimate of drug-likeness (QED) is 0.808. The molecular formula is C9H9F3N4O. The number of nitrogens with one attached hydrogen (secondary N) is 1. The number of halogens is 3. The first-order chi connectivity index (χ1) is 7.80. The third-order valence-corrected chi connectivity index (χ3v) is 2.29. The molecular weight excluding hydrogens is 237 g/mol. The van der Waals surface area contributed by atoms with Crippen molar-refractivity contribution in [2.45, 2.75) is 20.0 Å². The molecule has 0 unspecified atom stereocenters. The lowest BCUT2D eigenvalue weighted by Gasteiger charge is -2.03. The van der Waals surface area contributed by atoms with Crippen LogP contribution in [0.15, 0.2) is 6.07 Å². The van der Waals surface area contributed by atoms with Gasteiger partial charge < -0.3 is 5.11 Å². The average molecular weight is 246 g/mol. The second kappa shape index (κ2) is 3.51. The van der Waals surface area contributed by atoms with E-state index in [1.54, 1.807) is 6.92 Å². The highest BCUT2D eigenvalue weighted by molar-refractivity contribution is 5.45. The lowest BCUT2D eigenvalue weighted by molar-refractivity contribution is -0.141. The van der Waals surface area contributed by atoms with Gasteiger partial charge in [0.25, 0.3) is 0 Å². The topological polar surface area (TPSA) is 66.7 Å². The van der Waals surface area contributed by atoms with Crippen molar-refractivity contribution >= 4 is 0 Å². The third kappa shape index (κ3) is 1.85. The molecule has 0 saturated heterocycles. The first kappa shape index (κ1) is 11.5. The molecule has 0 radical (unpaired) electrons. The highest BCUT2D eigenvalue weighted by Gasteiger charge is 2.35. The van der Waals surface area contributed by atoms with Crippen LogP contribution in [-0.2, 0) is 6.18 Å². The molecule has 2 aromatic rings. The fourth-order valence-electron chi connectivity index (χ4n) is 1.51. The lowest BCUT2D eigenvalue weighted by Crippen LogP contribution is -2.07. The Morgan fingerprint density at radius 1 is 1.35 bits per heavy atom. The Bertz CT molecular complexity index is 536. The molecule has 92 valence electrons. The van der Waals surface area contributed by atoms with Crippen LogP contribution in [0.4, 0.5) is 13.2 Å². The van der Waals surface area contributed by atoms with Crippen LogP contribution in [0.25, 0.3) is 5.69 Å². The van der Waals surface area contributed by atoms with Crippen LogP contribution in [0.5, 0.6) is 5.88 Å².